The number of nitro groups is 1. The van der Waals surface area contributed by atoms with Gasteiger partial charge in [-0.25, -0.2) is 14.4 Å². The Kier molecular flexibility index (Phi) is 14.8. The third-order valence-corrected chi connectivity index (χ3v) is 8.55. The zero-order chi connectivity index (χ0) is 45.4. The molecule has 1 aliphatic rings. The van der Waals surface area contributed by atoms with E-state index in [1.165, 1.54) is 48.5 Å². The van der Waals surface area contributed by atoms with E-state index >= 15 is 0 Å². The summed E-state index contributed by atoms with van der Waals surface area (Å²) < 4.78 is 23.2. The van der Waals surface area contributed by atoms with Gasteiger partial charge in [0.2, 0.25) is 5.91 Å². The molecule has 0 bridgehead atoms. The summed E-state index contributed by atoms with van der Waals surface area (Å²) in [5, 5.41) is 14.1. The lowest BCUT2D eigenvalue weighted by Gasteiger charge is -2.31. The number of hydrogen-bond acceptors (Lipinski definition) is 12. The van der Waals surface area contributed by atoms with E-state index in [0.717, 1.165) is 11.1 Å². The predicted molar refractivity (Wildman–Crippen MR) is 222 cm³/mol. The minimum Gasteiger partial charge on any atom is -0.465 e. The summed E-state index contributed by atoms with van der Waals surface area (Å²) in [4.78, 5) is 97.4. The topological polar surface area (TPSA) is 218 Å². The SMILES string of the molecule is CCOC(=O)Cn1cc2c(c1)CN(C(=O)[C@H](Cc1ccc([N+](=O)[O-])cc1)NC(=O)c1ccc(C(=NC(=O)OC(C)(C)C)N(C(=O)OC(C)(C)C)C(=O)OC(C)(C)C)cc1)CC2. The van der Waals surface area contributed by atoms with Crippen LogP contribution in [0, 0.1) is 10.1 Å². The summed E-state index contributed by atoms with van der Waals surface area (Å²) in [6.45, 7) is 16.9. The van der Waals surface area contributed by atoms with E-state index < -0.39 is 69.7 Å². The van der Waals surface area contributed by atoms with Crippen LogP contribution < -0.4 is 5.32 Å². The van der Waals surface area contributed by atoms with Crippen molar-refractivity contribution >= 4 is 47.6 Å². The minimum atomic E-state index is -1.20. The van der Waals surface area contributed by atoms with E-state index in [4.69, 9.17) is 18.9 Å². The maximum atomic E-state index is 14.2. The van der Waals surface area contributed by atoms with Crippen molar-refractivity contribution in [1.29, 1.82) is 0 Å². The van der Waals surface area contributed by atoms with Crippen LogP contribution >= 0.6 is 0 Å². The van der Waals surface area contributed by atoms with Crippen LogP contribution in [0.4, 0.5) is 20.1 Å². The molecule has 2 heterocycles. The molecule has 0 radical (unpaired) electrons. The normalized spacial score (nSPS) is 13.6. The lowest BCUT2D eigenvalue weighted by Crippen LogP contribution is -2.50. The van der Waals surface area contributed by atoms with Gasteiger partial charge < -0.3 is 33.7 Å². The Morgan fingerprint density at radius 3 is 1.87 bits per heavy atom. The van der Waals surface area contributed by atoms with Crippen molar-refractivity contribution in [2.75, 3.05) is 13.2 Å². The number of carbonyl (C=O) groups excluding carboxylic acids is 6. The average molecular weight is 847 g/mol. The lowest BCUT2D eigenvalue weighted by molar-refractivity contribution is -0.384. The first-order chi connectivity index (χ1) is 28.3. The number of rotatable bonds is 10. The number of esters is 1. The number of imide groups is 1. The van der Waals surface area contributed by atoms with Gasteiger partial charge in [-0.2, -0.15) is 9.89 Å². The Bertz CT molecular complexity index is 2130. The number of ether oxygens (including phenoxy) is 4. The molecule has 0 saturated carbocycles. The Morgan fingerprint density at radius 2 is 1.34 bits per heavy atom. The number of aliphatic imine (C=N–C) groups is 1. The smallest absolute Gasteiger partial charge is 0.436 e. The molecule has 1 N–H and O–H groups in total. The van der Waals surface area contributed by atoms with E-state index in [-0.39, 0.29) is 42.9 Å². The van der Waals surface area contributed by atoms with E-state index in [1.54, 1.807) is 84.9 Å². The van der Waals surface area contributed by atoms with Gasteiger partial charge in [-0.1, -0.05) is 24.3 Å². The molecule has 0 spiro atoms. The summed E-state index contributed by atoms with van der Waals surface area (Å²) in [7, 11) is 0. The lowest BCUT2D eigenvalue weighted by atomic mass is 10.0. The van der Waals surface area contributed by atoms with Crippen LogP contribution in [0.25, 0.3) is 0 Å². The van der Waals surface area contributed by atoms with E-state index in [9.17, 15) is 38.9 Å². The highest BCUT2D eigenvalue weighted by Crippen LogP contribution is 2.24. The molecule has 0 aliphatic carbocycles. The van der Waals surface area contributed by atoms with Crippen molar-refractivity contribution in [3.8, 4) is 0 Å². The highest BCUT2D eigenvalue weighted by molar-refractivity contribution is 6.18. The molecule has 61 heavy (non-hydrogen) atoms. The first-order valence-electron chi connectivity index (χ1n) is 19.7. The van der Waals surface area contributed by atoms with Crippen LogP contribution in [0.2, 0.25) is 0 Å². The van der Waals surface area contributed by atoms with Crippen molar-refractivity contribution in [1.82, 2.24) is 19.7 Å². The fraction of sp³-hybridized carbons (Fsp3) is 0.465. The number of non-ortho nitro benzene ring substituents is 1. The molecular formula is C43H54N6O12. The van der Waals surface area contributed by atoms with Crippen LogP contribution in [0.15, 0.2) is 65.9 Å². The molecule has 3 aromatic rings. The van der Waals surface area contributed by atoms with E-state index in [2.05, 4.69) is 10.3 Å². The summed E-state index contributed by atoms with van der Waals surface area (Å²) in [5.41, 5.74) is -0.870. The monoisotopic (exact) mass is 846 g/mol. The van der Waals surface area contributed by atoms with Crippen molar-refractivity contribution in [3.05, 3.63) is 98.9 Å². The fourth-order valence-electron chi connectivity index (χ4n) is 6.05. The average Bonchev–Trinajstić information content (AvgIpc) is 3.53. The first kappa shape index (κ1) is 47.1. The van der Waals surface area contributed by atoms with Crippen LogP contribution in [-0.4, -0.2) is 97.2 Å². The summed E-state index contributed by atoms with van der Waals surface area (Å²) in [6.07, 6.45) is 0.587. The summed E-state index contributed by atoms with van der Waals surface area (Å²) in [5.74, 6) is -1.98. The van der Waals surface area contributed by atoms with Gasteiger partial charge in [0.25, 0.3) is 11.6 Å². The van der Waals surface area contributed by atoms with Crippen LogP contribution in [0.5, 0.6) is 0 Å². The number of amides is 5. The minimum absolute atomic E-state index is 0.0126. The van der Waals surface area contributed by atoms with Gasteiger partial charge in [0.15, 0.2) is 5.84 Å². The molecule has 0 saturated heterocycles. The molecule has 1 aromatic heterocycles. The molecule has 5 amide bonds. The standard InChI is InChI=1S/C43H54N6O12/c1-11-58-34(50)26-46-23-30-20-21-47(25-31(30)24-46)37(52)33(22-27-12-18-32(19-13-27)49(56)57)44-36(51)29-16-14-28(15-17-29)35(45-38(53)59-41(2,3)4)48(39(54)60-42(5,6)7)40(55)61-43(8,9)10/h12-19,23-24,33H,11,20-22,25-26H2,1-10H3,(H,44,51)/t33-/m0/s1. The third-order valence-electron chi connectivity index (χ3n) is 8.55. The number of amidine groups is 1. The molecule has 18 heteroatoms. The van der Waals surface area contributed by atoms with Crippen LogP contribution in [-0.2, 0) is 54.5 Å². The Labute approximate surface area is 354 Å². The molecule has 1 atom stereocenters. The first-order valence-corrected chi connectivity index (χ1v) is 19.7. The second-order valence-corrected chi connectivity index (χ2v) is 17.2. The number of nitro benzene ring substituents is 1. The third kappa shape index (κ3) is 14.0. The molecule has 18 nitrogen and oxygen atoms in total. The molecule has 328 valence electrons. The van der Waals surface area contributed by atoms with Gasteiger partial charge in [0.05, 0.1) is 11.5 Å². The quantitative estimate of drug-likeness (QED) is 0.0560. The number of fused-ring (bicyclic) bond motifs is 1. The Hall–Kier alpha value is -6.59. The highest BCUT2D eigenvalue weighted by Gasteiger charge is 2.37. The Balaban J connectivity index is 1.68. The van der Waals surface area contributed by atoms with Gasteiger partial charge >= 0.3 is 24.2 Å². The number of carbonyl (C=O) groups is 6. The zero-order valence-corrected chi connectivity index (χ0v) is 36.2. The van der Waals surface area contributed by atoms with Gasteiger partial charge in [-0.05, 0) is 104 Å². The van der Waals surface area contributed by atoms with Gasteiger partial charge in [0.1, 0.15) is 29.4 Å². The van der Waals surface area contributed by atoms with Crippen molar-refractivity contribution in [3.63, 3.8) is 0 Å². The molecule has 1 aliphatic heterocycles. The summed E-state index contributed by atoms with van der Waals surface area (Å²) >= 11 is 0. The van der Waals surface area contributed by atoms with Gasteiger partial charge in [-0.3, -0.25) is 24.5 Å². The van der Waals surface area contributed by atoms with Crippen LogP contribution in [0.1, 0.15) is 102 Å². The van der Waals surface area contributed by atoms with E-state index in [1.807, 2.05) is 6.20 Å². The molecule has 2 aromatic carbocycles. The van der Waals surface area contributed by atoms with Crippen molar-refractivity contribution < 1.29 is 52.6 Å². The van der Waals surface area contributed by atoms with Crippen LogP contribution in [0.3, 0.4) is 0 Å². The molecule has 0 fully saturated rings. The number of nitrogens with one attached hydrogen (secondary N) is 1. The predicted octanol–water partition coefficient (Wildman–Crippen LogP) is 6.74. The fourth-order valence-corrected chi connectivity index (χ4v) is 6.05. The number of aromatic nitrogens is 1. The summed E-state index contributed by atoms with van der Waals surface area (Å²) in [6, 6.07) is 9.91. The van der Waals surface area contributed by atoms with Crippen molar-refractivity contribution in [2.24, 2.45) is 4.99 Å². The number of nitrogens with zero attached hydrogens (tertiary/aromatic N) is 5. The van der Waals surface area contributed by atoms with Gasteiger partial charge in [0, 0.05) is 55.2 Å². The maximum Gasteiger partial charge on any atom is 0.436 e. The zero-order valence-electron chi connectivity index (χ0n) is 36.2. The van der Waals surface area contributed by atoms with Gasteiger partial charge in [-0.15, -0.1) is 0 Å². The molecular weight excluding hydrogens is 793 g/mol. The molecule has 0 unspecified atom stereocenters. The maximum absolute atomic E-state index is 14.2. The largest absolute Gasteiger partial charge is 0.465 e. The second kappa shape index (κ2) is 19.2. The number of benzene rings is 2. The molecule has 4 rings (SSSR count). The Morgan fingerprint density at radius 1 is 0.803 bits per heavy atom. The second-order valence-electron chi connectivity index (χ2n) is 17.2. The number of hydrogen-bond donors (Lipinski definition) is 1. The van der Waals surface area contributed by atoms with E-state index in [0.29, 0.717) is 23.4 Å². The highest BCUT2D eigenvalue weighted by atomic mass is 16.6. The van der Waals surface area contributed by atoms with Crippen molar-refractivity contribution in [2.45, 2.75) is 118 Å².